The SMILES string of the molecule is CCNC(=NCC(C)N1CCN(C)CC1)NCCc1ccc2c(c1)OCO2. The Kier molecular flexibility index (Phi) is 7.18. The molecule has 1 fully saturated rings. The lowest BCUT2D eigenvalue weighted by atomic mass is 10.1. The third kappa shape index (κ3) is 5.74. The summed E-state index contributed by atoms with van der Waals surface area (Å²) in [5, 5.41) is 6.79. The van der Waals surface area contributed by atoms with E-state index in [9.17, 15) is 0 Å². The Morgan fingerprint density at radius 2 is 1.93 bits per heavy atom. The number of hydrogen-bond acceptors (Lipinski definition) is 5. The molecule has 7 heteroatoms. The minimum atomic E-state index is 0.319. The molecule has 1 atom stereocenters. The first-order chi connectivity index (χ1) is 13.2. The van der Waals surface area contributed by atoms with Crippen molar-refractivity contribution in [3.63, 3.8) is 0 Å². The average Bonchev–Trinajstić information content (AvgIpc) is 3.14. The summed E-state index contributed by atoms with van der Waals surface area (Å²) in [5.41, 5.74) is 1.23. The van der Waals surface area contributed by atoms with E-state index in [1.807, 2.05) is 6.07 Å². The van der Waals surface area contributed by atoms with E-state index < -0.39 is 0 Å². The molecule has 2 aliphatic heterocycles. The maximum atomic E-state index is 5.45. The molecule has 1 aromatic carbocycles. The van der Waals surface area contributed by atoms with Gasteiger partial charge in [0.25, 0.3) is 0 Å². The smallest absolute Gasteiger partial charge is 0.231 e. The van der Waals surface area contributed by atoms with Gasteiger partial charge in [0, 0.05) is 45.3 Å². The highest BCUT2D eigenvalue weighted by Gasteiger charge is 2.18. The number of fused-ring (bicyclic) bond motifs is 1. The predicted octanol–water partition coefficient (Wildman–Crippen LogP) is 1.15. The molecule has 2 aliphatic rings. The number of nitrogens with zero attached hydrogens (tertiary/aromatic N) is 3. The van der Waals surface area contributed by atoms with Crippen LogP contribution < -0.4 is 20.1 Å². The molecule has 0 aliphatic carbocycles. The van der Waals surface area contributed by atoms with Gasteiger partial charge in [-0.2, -0.15) is 0 Å². The average molecular weight is 376 g/mol. The van der Waals surface area contributed by atoms with Crippen molar-refractivity contribution in [2.24, 2.45) is 4.99 Å². The van der Waals surface area contributed by atoms with Crippen LogP contribution in [0, 0.1) is 0 Å². The second kappa shape index (κ2) is 9.80. The van der Waals surface area contributed by atoms with Crippen LogP contribution in [0.15, 0.2) is 23.2 Å². The van der Waals surface area contributed by atoms with Crippen LogP contribution >= 0.6 is 0 Å². The number of rotatable bonds is 7. The highest BCUT2D eigenvalue weighted by atomic mass is 16.7. The number of ether oxygens (including phenoxy) is 2. The predicted molar refractivity (Wildman–Crippen MR) is 109 cm³/mol. The van der Waals surface area contributed by atoms with Crippen LogP contribution in [0.1, 0.15) is 19.4 Å². The minimum absolute atomic E-state index is 0.319. The summed E-state index contributed by atoms with van der Waals surface area (Å²) in [5.74, 6) is 2.56. The number of nitrogens with one attached hydrogen (secondary N) is 2. The van der Waals surface area contributed by atoms with Gasteiger partial charge in [-0.05, 0) is 45.0 Å². The highest BCUT2D eigenvalue weighted by molar-refractivity contribution is 5.79. The van der Waals surface area contributed by atoms with Crippen molar-refractivity contribution in [1.29, 1.82) is 0 Å². The number of hydrogen-bond donors (Lipinski definition) is 2. The van der Waals surface area contributed by atoms with Gasteiger partial charge in [0.05, 0.1) is 6.54 Å². The van der Waals surface area contributed by atoms with Gasteiger partial charge in [-0.1, -0.05) is 6.07 Å². The van der Waals surface area contributed by atoms with Crippen molar-refractivity contribution in [1.82, 2.24) is 20.4 Å². The standard InChI is InChI=1S/C20H33N5O2/c1-4-21-20(23-14-16(2)25-11-9-24(3)10-12-25)22-8-7-17-5-6-18-19(13-17)27-15-26-18/h5-6,13,16H,4,7-12,14-15H2,1-3H3,(H2,21,22,23). The quantitative estimate of drug-likeness (QED) is 0.551. The second-order valence-electron chi connectivity index (χ2n) is 7.27. The van der Waals surface area contributed by atoms with E-state index in [2.05, 4.69) is 53.5 Å². The zero-order chi connectivity index (χ0) is 19.1. The number of piperazine rings is 1. The van der Waals surface area contributed by atoms with Crippen LogP contribution in [0.3, 0.4) is 0 Å². The fraction of sp³-hybridized carbons (Fsp3) is 0.650. The van der Waals surface area contributed by atoms with Gasteiger partial charge in [0.15, 0.2) is 17.5 Å². The summed E-state index contributed by atoms with van der Waals surface area (Å²) in [6.07, 6.45) is 0.912. The molecule has 150 valence electrons. The summed E-state index contributed by atoms with van der Waals surface area (Å²) in [6, 6.07) is 6.59. The number of likely N-dealkylation sites (N-methyl/N-ethyl adjacent to an activating group) is 1. The van der Waals surface area contributed by atoms with Crippen molar-refractivity contribution in [3.05, 3.63) is 23.8 Å². The van der Waals surface area contributed by atoms with E-state index in [-0.39, 0.29) is 0 Å². The first-order valence-corrected chi connectivity index (χ1v) is 9.99. The fourth-order valence-electron chi connectivity index (χ4n) is 3.37. The highest BCUT2D eigenvalue weighted by Crippen LogP contribution is 2.32. The van der Waals surface area contributed by atoms with Gasteiger partial charge >= 0.3 is 0 Å². The Hall–Kier alpha value is -1.99. The van der Waals surface area contributed by atoms with Crippen LogP contribution in [0.5, 0.6) is 11.5 Å². The number of aliphatic imine (C=N–C) groups is 1. The molecular weight excluding hydrogens is 342 g/mol. The van der Waals surface area contributed by atoms with Crippen molar-refractivity contribution >= 4 is 5.96 Å². The summed E-state index contributed by atoms with van der Waals surface area (Å²) < 4.78 is 10.8. The monoisotopic (exact) mass is 375 g/mol. The molecule has 1 unspecified atom stereocenters. The molecule has 0 spiro atoms. The summed E-state index contributed by atoms with van der Waals surface area (Å²) >= 11 is 0. The molecule has 1 saturated heterocycles. The lowest BCUT2D eigenvalue weighted by Crippen LogP contribution is -2.49. The first-order valence-electron chi connectivity index (χ1n) is 9.99. The van der Waals surface area contributed by atoms with Gasteiger partial charge in [-0.3, -0.25) is 9.89 Å². The Morgan fingerprint density at radius 3 is 2.70 bits per heavy atom. The molecule has 1 aromatic rings. The van der Waals surface area contributed by atoms with E-state index >= 15 is 0 Å². The van der Waals surface area contributed by atoms with Gasteiger partial charge in [0.2, 0.25) is 6.79 Å². The topological polar surface area (TPSA) is 61.4 Å². The Labute approximate surface area is 162 Å². The van der Waals surface area contributed by atoms with E-state index in [4.69, 9.17) is 14.5 Å². The second-order valence-corrected chi connectivity index (χ2v) is 7.27. The fourth-order valence-corrected chi connectivity index (χ4v) is 3.37. The molecular formula is C20H33N5O2. The van der Waals surface area contributed by atoms with Crippen LogP contribution in [-0.4, -0.2) is 81.5 Å². The van der Waals surface area contributed by atoms with Crippen molar-refractivity contribution in [3.8, 4) is 11.5 Å². The van der Waals surface area contributed by atoms with Gasteiger partial charge < -0.3 is 25.0 Å². The molecule has 2 N–H and O–H groups in total. The molecule has 0 amide bonds. The van der Waals surface area contributed by atoms with E-state index in [1.165, 1.54) is 5.56 Å². The Bertz CT molecular complexity index is 629. The molecule has 3 rings (SSSR count). The summed E-state index contributed by atoms with van der Waals surface area (Å²) in [4.78, 5) is 9.70. The zero-order valence-corrected chi connectivity index (χ0v) is 16.8. The normalized spacial score (nSPS) is 19.1. The number of guanidine groups is 1. The maximum Gasteiger partial charge on any atom is 0.231 e. The maximum absolute atomic E-state index is 5.45. The third-order valence-electron chi connectivity index (χ3n) is 5.16. The lowest BCUT2D eigenvalue weighted by molar-refractivity contribution is 0.122. The molecule has 27 heavy (non-hydrogen) atoms. The summed E-state index contributed by atoms with van der Waals surface area (Å²) in [7, 11) is 2.19. The number of benzene rings is 1. The zero-order valence-electron chi connectivity index (χ0n) is 16.8. The largest absolute Gasteiger partial charge is 0.454 e. The molecule has 0 radical (unpaired) electrons. The van der Waals surface area contributed by atoms with Crippen molar-refractivity contribution in [2.45, 2.75) is 26.3 Å². The lowest BCUT2D eigenvalue weighted by Gasteiger charge is -2.35. The molecule has 2 heterocycles. The Morgan fingerprint density at radius 1 is 1.15 bits per heavy atom. The van der Waals surface area contributed by atoms with Gasteiger partial charge in [-0.25, -0.2) is 0 Å². The van der Waals surface area contributed by atoms with Crippen LogP contribution in [0.25, 0.3) is 0 Å². The van der Waals surface area contributed by atoms with Crippen molar-refractivity contribution < 1.29 is 9.47 Å². The molecule has 0 aromatic heterocycles. The third-order valence-corrected chi connectivity index (χ3v) is 5.16. The van der Waals surface area contributed by atoms with Crippen molar-refractivity contribution in [2.75, 3.05) is 59.7 Å². The summed E-state index contributed by atoms with van der Waals surface area (Å²) in [6.45, 7) is 11.7. The molecule has 0 bridgehead atoms. The van der Waals surface area contributed by atoms with E-state index in [0.29, 0.717) is 12.8 Å². The van der Waals surface area contributed by atoms with Crippen LogP contribution in [0.4, 0.5) is 0 Å². The first kappa shape index (κ1) is 19.8. The van der Waals surface area contributed by atoms with Crippen LogP contribution in [0.2, 0.25) is 0 Å². The molecule has 0 saturated carbocycles. The van der Waals surface area contributed by atoms with Crippen LogP contribution in [-0.2, 0) is 6.42 Å². The Balaban J connectivity index is 1.45. The van der Waals surface area contributed by atoms with Gasteiger partial charge in [-0.15, -0.1) is 0 Å². The minimum Gasteiger partial charge on any atom is -0.454 e. The molecule has 7 nitrogen and oxygen atoms in total. The van der Waals surface area contributed by atoms with E-state index in [0.717, 1.165) is 69.7 Å². The van der Waals surface area contributed by atoms with Gasteiger partial charge in [0.1, 0.15) is 0 Å². The van der Waals surface area contributed by atoms with E-state index in [1.54, 1.807) is 0 Å².